The lowest BCUT2D eigenvalue weighted by atomic mass is 10.1. The second-order valence-corrected chi connectivity index (χ2v) is 5.99. The molecule has 0 aliphatic rings. The van der Waals surface area contributed by atoms with Crippen molar-refractivity contribution in [2.24, 2.45) is 0 Å². The molecule has 0 radical (unpaired) electrons. The van der Waals surface area contributed by atoms with Crippen LogP contribution in [-0.4, -0.2) is 9.55 Å². The number of hydrogen-bond acceptors (Lipinski definition) is 2. The van der Waals surface area contributed by atoms with E-state index in [-0.39, 0.29) is 5.54 Å². The standard InChI is InChI=1S/C13H15Cl2N3/c1-13(2,3)18-7-17-11(12(18)16)9-6-8(14)4-5-10(9)15/h4-7H,16H2,1-3H3. The second kappa shape index (κ2) is 4.48. The summed E-state index contributed by atoms with van der Waals surface area (Å²) in [6.07, 6.45) is 1.72. The summed E-state index contributed by atoms with van der Waals surface area (Å²) in [6.45, 7) is 6.19. The first-order chi connectivity index (χ1) is 8.30. The molecule has 0 saturated heterocycles. The number of imidazole rings is 1. The highest BCUT2D eigenvalue weighted by atomic mass is 35.5. The van der Waals surface area contributed by atoms with E-state index in [1.54, 1.807) is 24.5 Å². The van der Waals surface area contributed by atoms with Crippen molar-refractivity contribution in [2.45, 2.75) is 26.3 Å². The second-order valence-electron chi connectivity index (χ2n) is 5.14. The number of nitrogen functional groups attached to an aromatic ring is 1. The van der Waals surface area contributed by atoms with E-state index in [1.807, 2.05) is 4.57 Å². The molecule has 3 nitrogen and oxygen atoms in total. The van der Waals surface area contributed by atoms with Gasteiger partial charge in [-0.25, -0.2) is 4.98 Å². The Morgan fingerprint density at radius 1 is 1.22 bits per heavy atom. The van der Waals surface area contributed by atoms with Gasteiger partial charge < -0.3 is 10.3 Å². The molecule has 1 heterocycles. The van der Waals surface area contributed by atoms with E-state index in [0.29, 0.717) is 21.6 Å². The van der Waals surface area contributed by atoms with Crippen molar-refractivity contribution in [3.05, 3.63) is 34.6 Å². The third-order valence-electron chi connectivity index (χ3n) is 2.71. The molecule has 2 N–H and O–H groups in total. The average Bonchev–Trinajstić information content (AvgIpc) is 2.63. The molecule has 0 aliphatic heterocycles. The Balaban J connectivity index is 2.59. The number of rotatable bonds is 1. The number of benzene rings is 1. The van der Waals surface area contributed by atoms with Crippen LogP contribution in [0.4, 0.5) is 5.82 Å². The third-order valence-corrected chi connectivity index (χ3v) is 3.28. The molecule has 1 aromatic carbocycles. The highest BCUT2D eigenvalue weighted by Crippen LogP contribution is 2.34. The maximum absolute atomic E-state index is 6.16. The minimum absolute atomic E-state index is 0.125. The van der Waals surface area contributed by atoms with Crippen molar-refractivity contribution < 1.29 is 0 Å². The molecule has 1 aromatic heterocycles. The van der Waals surface area contributed by atoms with Crippen LogP contribution in [0, 0.1) is 0 Å². The third kappa shape index (κ3) is 2.33. The zero-order valence-corrected chi connectivity index (χ0v) is 12.0. The molecule has 0 fully saturated rings. The quantitative estimate of drug-likeness (QED) is 0.853. The van der Waals surface area contributed by atoms with Gasteiger partial charge in [-0.3, -0.25) is 0 Å². The van der Waals surface area contributed by atoms with Crippen LogP contribution in [-0.2, 0) is 5.54 Å². The van der Waals surface area contributed by atoms with Gasteiger partial charge in [0.25, 0.3) is 0 Å². The maximum Gasteiger partial charge on any atom is 0.132 e. The number of anilines is 1. The minimum atomic E-state index is -0.125. The first kappa shape index (κ1) is 13.2. The molecule has 5 heteroatoms. The van der Waals surface area contributed by atoms with E-state index < -0.39 is 0 Å². The minimum Gasteiger partial charge on any atom is -0.383 e. The smallest absolute Gasteiger partial charge is 0.132 e. The Kier molecular flexibility index (Phi) is 3.30. The van der Waals surface area contributed by atoms with Gasteiger partial charge in [0.2, 0.25) is 0 Å². The Morgan fingerprint density at radius 3 is 2.44 bits per heavy atom. The van der Waals surface area contributed by atoms with Gasteiger partial charge in [0.1, 0.15) is 11.5 Å². The lowest BCUT2D eigenvalue weighted by Gasteiger charge is -2.22. The molecule has 0 unspecified atom stereocenters. The molecule has 2 rings (SSSR count). The van der Waals surface area contributed by atoms with Crippen LogP contribution in [0.15, 0.2) is 24.5 Å². The summed E-state index contributed by atoms with van der Waals surface area (Å²) in [5.41, 5.74) is 7.43. The Labute approximate surface area is 117 Å². The van der Waals surface area contributed by atoms with Gasteiger partial charge in [-0.1, -0.05) is 23.2 Å². The Hall–Kier alpha value is -1.19. The number of nitrogens with two attached hydrogens (primary N) is 1. The molecule has 0 aliphatic carbocycles. The predicted molar refractivity (Wildman–Crippen MR) is 77.1 cm³/mol. The number of halogens is 2. The highest BCUT2D eigenvalue weighted by molar-refractivity contribution is 6.35. The summed E-state index contributed by atoms with van der Waals surface area (Å²) < 4.78 is 1.92. The molecule has 0 bridgehead atoms. The first-order valence-electron chi connectivity index (χ1n) is 5.59. The lowest BCUT2D eigenvalue weighted by Crippen LogP contribution is -2.22. The van der Waals surface area contributed by atoms with Crippen molar-refractivity contribution in [1.29, 1.82) is 0 Å². The number of aromatic nitrogens is 2. The molecule has 2 aromatic rings. The fourth-order valence-electron chi connectivity index (χ4n) is 1.78. The molecule has 0 saturated carbocycles. The molecule has 0 spiro atoms. The Morgan fingerprint density at radius 2 is 1.89 bits per heavy atom. The molecule has 0 atom stereocenters. The van der Waals surface area contributed by atoms with Crippen LogP contribution in [0.5, 0.6) is 0 Å². The van der Waals surface area contributed by atoms with Crippen molar-refractivity contribution >= 4 is 29.0 Å². The SMILES string of the molecule is CC(C)(C)n1cnc(-c2cc(Cl)ccc2Cl)c1N. The zero-order chi connectivity index (χ0) is 13.5. The van der Waals surface area contributed by atoms with Gasteiger partial charge in [-0.2, -0.15) is 0 Å². The zero-order valence-electron chi connectivity index (χ0n) is 10.5. The highest BCUT2D eigenvalue weighted by Gasteiger charge is 2.20. The van der Waals surface area contributed by atoms with Crippen LogP contribution >= 0.6 is 23.2 Å². The van der Waals surface area contributed by atoms with Gasteiger partial charge in [0.15, 0.2) is 0 Å². The first-order valence-corrected chi connectivity index (χ1v) is 6.35. The van der Waals surface area contributed by atoms with Crippen molar-refractivity contribution in [2.75, 3.05) is 5.73 Å². The van der Waals surface area contributed by atoms with Gasteiger partial charge in [0, 0.05) is 16.1 Å². The summed E-state index contributed by atoms with van der Waals surface area (Å²) in [6, 6.07) is 5.26. The van der Waals surface area contributed by atoms with E-state index in [9.17, 15) is 0 Å². The van der Waals surface area contributed by atoms with Crippen molar-refractivity contribution in [1.82, 2.24) is 9.55 Å². The fourth-order valence-corrected chi connectivity index (χ4v) is 2.16. The van der Waals surface area contributed by atoms with Crippen LogP contribution < -0.4 is 5.73 Å². The topological polar surface area (TPSA) is 43.8 Å². The fraction of sp³-hybridized carbons (Fsp3) is 0.308. The summed E-state index contributed by atoms with van der Waals surface area (Å²) in [7, 11) is 0. The summed E-state index contributed by atoms with van der Waals surface area (Å²) >= 11 is 12.1. The molecule has 96 valence electrons. The monoisotopic (exact) mass is 283 g/mol. The van der Waals surface area contributed by atoms with E-state index in [1.165, 1.54) is 0 Å². The van der Waals surface area contributed by atoms with Crippen LogP contribution in [0.25, 0.3) is 11.3 Å². The Bertz CT molecular complexity index is 582. The summed E-state index contributed by atoms with van der Waals surface area (Å²) in [5, 5.41) is 1.20. The molecule has 18 heavy (non-hydrogen) atoms. The van der Waals surface area contributed by atoms with Crippen LogP contribution in [0.2, 0.25) is 10.0 Å². The number of nitrogens with zero attached hydrogens (tertiary/aromatic N) is 2. The molecule has 0 amide bonds. The van der Waals surface area contributed by atoms with Gasteiger partial charge in [-0.15, -0.1) is 0 Å². The van der Waals surface area contributed by atoms with E-state index >= 15 is 0 Å². The van der Waals surface area contributed by atoms with Crippen molar-refractivity contribution in [3.8, 4) is 11.3 Å². The molecular weight excluding hydrogens is 269 g/mol. The van der Waals surface area contributed by atoms with Crippen LogP contribution in [0.3, 0.4) is 0 Å². The maximum atomic E-state index is 6.16. The molecular formula is C13H15Cl2N3. The van der Waals surface area contributed by atoms with Crippen molar-refractivity contribution in [3.63, 3.8) is 0 Å². The normalized spacial score (nSPS) is 11.8. The average molecular weight is 284 g/mol. The lowest BCUT2D eigenvalue weighted by molar-refractivity contribution is 0.402. The van der Waals surface area contributed by atoms with Gasteiger partial charge in [-0.05, 0) is 39.0 Å². The van der Waals surface area contributed by atoms with E-state index in [4.69, 9.17) is 28.9 Å². The van der Waals surface area contributed by atoms with E-state index in [2.05, 4.69) is 25.8 Å². The van der Waals surface area contributed by atoms with Gasteiger partial charge in [0.05, 0.1) is 11.3 Å². The summed E-state index contributed by atoms with van der Waals surface area (Å²) in [5.74, 6) is 0.590. The largest absolute Gasteiger partial charge is 0.383 e. The summed E-state index contributed by atoms with van der Waals surface area (Å²) in [4.78, 5) is 4.35. The number of hydrogen-bond donors (Lipinski definition) is 1. The van der Waals surface area contributed by atoms with E-state index in [0.717, 1.165) is 5.56 Å². The predicted octanol–water partition coefficient (Wildman–Crippen LogP) is 4.19. The van der Waals surface area contributed by atoms with Crippen LogP contribution in [0.1, 0.15) is 20.8 Å². The van der Waals surface area contributed by atoms with Gasteiger partial charge >= 0.3 is 0 Å².